The number of sulfonamides is 1. The minimum atomic E-state index is -3.43. The summed E-state index contributed by atoms with van der Waals surface area (Å²) in [5.41, 5.74) is 0. The number of nitrogens with zero attached hydrogens (tertiary/aromatic N) is 1. The van der Waals surface area contributed by atoms with Crippen LogP contribution in [0.1, 0.15) is 26.7 Å². The highest BCUT2D eigenvalue weighted by Gasteiger charge is 2.42. The fourth-order valence-electron chi connectivity index (χ4n) is 2.20. The summed E-state index contributed by atoms with van der Waals surface area (Å²) in [6, 6.07) is 0. The van der Waals surface area contributed by atoms with E-state index in [1.165, 1.54) is 4.31 Å². The third-order valence-electron chi connectivity index (χ3n) is 3.49. The summed E-state index contributed by atoms with van der Waals surface area (Å²) in [7, 11) is -4.40. The normalized spacial score (nSPS) is 24.9. The van der Waals surface area contributed by atoms with Crippen LogP contribution in [-0.2, 0) is 20.8 Å². The van der Waals surface area contributed by atoms with E-state index >= 15 is 0 Å². The summed E-state index contributed by atoms with van der Waals surface area (Å²) < 4.78 is 37.3. The van der Waals surface area contributed by atoms with E-state index in [4.69, 9.17) is 11.6 Å². The molecule has 0 saturated carbocycles. The molecule has 0 amide bonds. The Balaban J connectivity index is 2.95. The lowest BCUT2D eigenvalue weighted by atomic mass is 10.0. The molecule has 0 unspecified atom stereocenters. The molecule has 1 atom stereocenters. The average molecular weight is 314 g/mol. The van der Waals surface area contributed by atoms with Gasteiger partial charge in [-0.2, -0.15) is 4.31 Å². The van der Waals surface area contributed by atoms with Gasteiger partial charge in [0.1, 0.15) is 0 Å². The van der Waals surface area contributed by atoms with Crippen LogP contribution in [0.25, 0.3) is 0 Å². The van der Waals surface area contributed by atoms with Crippen LogP contribution in [0.4, 0.5) is 0 Å². The van der Waals surface area contributed by atoms with E-state index in [1.54, 1.807) is 0 Å². The summed E-state index contributed by atoms with van der Waals surface area (Å²) in [6.07, 6.45) is 1.42. The van der Waals surface area contributed by atoms with Gasteiger partial charge in [-0.1, -0.05) is 32.0 Å². The third-order valence-corrected chi connectivity index (χ3v) is 7.82. The Morgan fingerprint density at radius 1 is 1.44 bits per heavy atom. The van der Waals surface area contributed by atoms with Gasteiger partial charge in [0.15, 0.2) is 0 Å². The van der Waals surface area contributed by atoms with Gasteiger partial charge in [0.05, 0.1) is 10.5 Å². The Morgan fingerprint density at radius 3 is 2.44 bits per heavy atom. The largest absolute Gasteiger partial charge is 0.259 e. The number of hydrogen-bond donors (Lipinski definition) is 0. The molecule has 1 heterocycles. The van der Waals surface area contributed by atoms with Crippen LogP contribution in [-0.4, -0.2) is 46.3 Å². The Hall–Kier alpha value is 0.0900. The Labute approximate surface area is 117 Å². The summed E-state index contributed by atoms with van der Waals surface area (Å²) in [4.78, 5) is 0. The second-order valence-corrected chi connectivity index (χ2v) is 9.02. The summed E-state index contributed by atoms with van der Waals surface area (Å²) in [6.45, 7) is 7.96. The molecule has 0 aromatic rings. The van der Waals surface area contributed by atoms with Crippen molar-refractivity contribution in [2.24, 2.45) is 0 Å². The number of hydrogen-bond acceptors (Lipinski definition) is 3. The minimum Gasteiger partial charge on any atom is -0.259 e. The van der Waals surface area contributed by atoms with Crippen LogP contribution < -0.4 is 0 Å². The molecular weight excluding hydrogens is 294 g/mol. The van der Waals surface area contributed by atoms with E-state index in [-0.39, 0.29) is 10.8 Å². The second-order valence-electron chi connectivity index (χ2n) is 4.55. The molecule has 1 aliphatic heterocycles. The first-order valence-electron chi connectivity index (χ1n) is 5.97. The van der Waals surface area contributed by atoms with Gasteiger partial charge in [0.2, 0.25) is 10.0 Å². The number of rotatable bonds is 5. The zero-order chi connectivity index (χ0) is 14.0. The molecule has 0 aliphatic carbocycles. The molecule has 18 heavy (non-hydrogen) atoms. The van der Waals surface area contributed by atoms with Crippen molar-refractivity contribution in [1.29, 1.82) is 0 Å². The monoisotopic (exact) mass is 313 g/mol. The maximum atomic E-state index is 12.1. The van der Waals surface area contributed by atoms with Gasteiger partial charge in [-0.3, -0.25) is 4.21 Å². The van der Waals surface area contributed by atoms with Crippen LogP contribution in [0.5, 0.6) is 0 Å². The van der Waals surface area contributed by atoms with Crippen molar-refractivity contribution in [2.45, 2.75) is 31.4 Å². The van der Waals surface area contributed by atoms with Gasteiger partial charge in [-0.15, -0.1) is 0 Å². The van der Waals surface area contributed by atoms with Gasteiger partial charge in [0, 0.05) is 34.7 Å². The van der Waals surface area contributed by atoms with E-state index in [1.807, 2.05) is 13.8 Å². The molecule has 0 N–H and O–H groups in total. The van der Waals surface area contributed by atoms with Gasteiger partial charge in [-0.05, 0) is 12.8 Å². The fraction of sp³-hybridized carbons (Fsp3) is 0.818. The van der Waals surface area contributed by atoms with Crippen molar-refractivity contribution in [1.82, 2.24) is 4.31 Å². The Morgan fingerprint density at radius 2 is 2.00 bits per heavy atom. The third kappa shape index (κ3) is 3.35. The van der Waals surface area contributed by atoms with Crippen LogP contribution in [0, 0.1) is 0 Å². The van der Waals surface area contributed by atoms with Crippen molar-refractivity contribution in [3.8, 4) is 0 Å². The highest BCUT2D eigenvalue weighted by Crippen LogP contribution is 2.30. The smallest absolute Gasteiger partial charge is 0.219 e. The molecule has 0 spiro atoms. The van der Waals surface area contributed by atoms with Crippen molar-refractivity contribution in [3.63, 3.8) is 0 Å². The maximum absolute atomic E-state index is 12.1. The second kappa shape index (κ2) is 6.03. The van der Waals surface area contributed by atoms with Crippen molar-refractivity contribution in [2.75, 3.05) is 24.6 Å². The predicted octanol–water partition coefficient (Wildman–Crippen LogP) is 1.69. The molecule has 0 radical (unpaired) electrons. The molecule has 1 aliphatic rings. The highest BCUT2D eigenvalue weighted by atomic mass is 35.5. The van der Waals surface area contributed by atoms with E-state index < -0.39 is 25.6 Å². The van der Waals surface area contributed by atoms with Crippen LogP contribution >= 0.6 is 11.6 Å². The van der Waals surface area contributed by atoms with E-state index in [9.17, 15) is 12.6 Å². The van der Waals surface area contributed by atoms with Gasteiger partial charge in [-0.25, -0.2) is 8.42 Å². The Bertz CT molecular complexity index is 443. The van der Waals surface area contributed by atoms with Gasteiger partial charge in [0.25, 0.3) is 0 Å². The van der Waals surface area contributed by atoms with E-state index in [2.05, 4.69) is 6.58 Å². The highest BCUT2D eigenvalue weighted by molar-refractivity contribution is 7.90. The van der Waals surface area contributed by atoms with E-state index in [0.29, 0.717) is 31.7 Å². The molecule has 1 rings (SSSR count). The predicted molar refractivity (Wildman–Crippen MR) is 76.7 cm³/mol. The topological polar surface area (TPSA) is 54.5 Å². The average Bonchev–Trinajstić information content (AvgIpc) is 2.28. The first-order chi connectivity index (χ1) is 8.27. The first kappa shape index (κ1) is 16.1. The quantitative estimate of drug-likeness (QED) is 0.776. The molecule has 0 aromatic heterocycles. The van der Waals surface area contributed by atoms with Gasteiger partial charge >= 0.3 is 0 Å². The Kier molecular flexibility index (Phi) is 5.41. The molecule has 106 valence electrons. The summed E-state index contributed by atoms with van der Waals surface area (Å²) in [5, 5.41) is 0.111. The lowest BCUT2D eigenvalue weighted by Gasteiger charge is -2.40. The van der Waals surface area contributed by atoms with Crippen LogP contribution in [0.2, 0.25) is 0 Å². The standard InChI is InChI=1S/C11H20ClNO3S2/c1-4-11(5-2)9-13(6-7-17(11)14)18(15,16)8-10(3)12/h3-9H2,1-2H3/t17-/m1/s1. The lowest BCUT2D eigenvalue weighted by Crippen LogP contribution is -2.55. The molecule has 4 nitrogen and oxygen atoms in total. The maximum Gasteiger partial charge on any atom is 0.219 e. The lowest BCUT2D eigenvalue weighted by molar-refractivity contribution is 0.344. The zero-order valence-corrected chi connectivity index (χ0v) is 13.2. The zero-order valence-electron chi connectivity index (χ0n) is 10.8. The number of halogens is 1. The molecule has 7 heteroatoms. The molecule has 1 fully saturated rings. The SMILES string of the molecule is C=C(Cl)CS(=O)(=O)N1CC[S@@](=O)C(CC)(CC)C1. The minimum absolute atomic E-state index is 0.111. The molecule has 1 saturated heterocycles. The van der Waals surface area contributed by atoms with Crippen molar-refractivity contribution >= 4 is 32.4 Å². The fourth-order valence-corrected chi connectivity index (χ4v) is 5.96. The first-order valence-corrected chi connectivity index (χ1v) is 9.27. The summed E-state index contributed by atoms with van der Waals surface area (Å²) in [5.74, 6) is 0.153. The molecular formula is C11H20ClNO3S2. The van der Waals surface area contributed by atoms with Gasteiger partial charge < -0.3 is 0 Å². The summed E-state index contributed by atoms with van der Waals surface area (Å²) >= 11 is 5.59. The van der Waals surface area contributed by atoms with Crippen molar-refractivity contribution in [3.05, 3.63) is 11.6 Å². The molecule has 0 bridgehead atoms. The van der Waals surface area contributed by atoms with Crippen molar-refractivity contribution < 1.29 is 12.6 Å². The molecule has 0 aromatic carbocycles. The van der Waals surface area contributed by atoms with E-state index in [0.717, 1.165) is 0 Å². The van der Waals surface area contributed by atoms with Crippen LogP contribution in [0.3, 0.4) is 0 Å². The van der Waals surface area contributed by atoms with Crippen LogP contribution in [0.15, 0.2) is 11.6 Å².